The molecule has 0 aliphatic carbocycles. The minimum absolute atomic E-state index is 0.0623. The van der Waals surface area contributed by atoms with Gasteiger partial charge in [-0.25, -0.2) is 0 Å². The predicted molar refractivity (Wildman–Crippen MR) is 90.3 cm³/mol. The van der Waals surface area contributed by atoms with Crippen LogP contribution in [0.25, 0.3) is 0 Å². The molecule has 0 atom stereocenters. The third kappa shape index (κ3) is 3.42. The predicted octanol–water partition coefficient (Wildman–Crippen LogP) is 4.60. The van der Waals surface area contributed by atoms with Crippen molar-refractivity contribution in [3.63, 3.8) is 0 Å². The monoisotopic (exact) mass is 417 g/mol. The maximum atomic E-state index is 12.3. The molecule has 6 heteroatoms. The summed E-state index contributed by atoms with van der Waals surface area (Å²) in [5.74, 6) is 0.820. The lowest BCUT2D eigenvalue weighted by molar-refractivity contribution is 0.1000. The highest BCUT2D eigenvalue weighted by Gasteiger charge is 2.17. The highest BCUT2D eigenvalue weighted by Crippen LogP contribution is 2.33. The fraction of sp³-hybridized carbons (Fsp3) is 0.214. The molecule has 0 bridgehead atoms. The van der Waals surface area contributed by atoms with Gasteiger partial charge in [0, 0.05) is 12.6 Å². The molecule has 0 spiro atoms. The second-order valence-corrected chi connectivity index (χ2v) is 7.94. The minimum atomic E-state index is 0.0623. The lowest BCUT2D eigenvalue weighted by Crippen LogP contribution is -2.25. The van der Waals surface area contributed by atoms with Crippen LogP contribution in [-0.4, -0.2) is 26.5 Å². The van der Waals surface area contributed by atoms with Crippen molar-refractivity contribution in [1.29, 1.82) is 0 Å². The van der Waals surface area contributed by atoms with Crippen molar-refractivity contribution in [3.05, 3.63) is 43.5 Å². The number of hydrogen-bond acceptors (Lipinski definition) is 4. The summed E-state index contributed by atoms with van der Waals surface area (Å²) < 4.78 is 7.10. The standard InChI is InChI=1S/C14H13Br2NO2S/c1-17(10-5-3-4-6-12(10)19-2)8-11(18)9-7-13(15)20-14(9)16/h3-7H,8H2,1-2H3. The van der Waals surface area contributed by atoms with E-state index in [0.29, 0.717) is 12.1 Å². The zero-order valence-electron chi connectivity index (χ0n) is 11.0. The van der Waals surface area contributed by atoms with Crippen LogP contribution in [0.4, 0.5) is 5.69 Å². The molecular weight excluding hydrogens is 406 g/mol. The number of methoxy groups -OCH3 is 1. The van der Waals surface area contributed by atoms with E-state index in [4.69, 9.17) is 4.74 Å². The van der Waals surface area contributed by atoms with Gasteiger partial charge >= 0.3 is 0 Å². The van der Waals surface area contributed by atoms with Crippen LogP contribution < -0.4 is 9.64 Å². The lowest BCUT2D eigenvalue weighted by atomic mass is 10.2. The zero-order chi connectivity index (χ0) is 14.7. The number of likely N-dealkylation sites (N-methyl/N-ethyl adjacent to an activating group) is 1. The first kappa shape index (κ1) is 15.5. The maximum absolute atomic E-state index is 12.3. The molecule has 0 N–H and O–H groups in total. The Balaban J connectivity index is 2.17. The first-order chi connectivity index (χ1) is 9.52. The molecule has 0 fully saturated rings. The number of carbonyl (C=O) groups is 1. The molecule has 3 nitrogen and oxygen atoms in total. The molecular formula is C14H13Br2NO2S. The number of Topliss-reactive ketones (excluding diaryl/α,β-unsaturated/α-hetero) is 1. The Hall–Kier alpha value is -0.850. The first-order valence-electron chi connectivity index (χ1n) is 5.85. The van der Waals surface area contributed by atoms with Crippen molar-refractivity contribution in [2.24, 2.45) is 0 Å². The van der Waals surface area contributed by atoms with E-state index in [0.717, 1.165) is 19.0 Å². The molecule has 1 aromatic carbocycles. The van der Waals surface area contributed by atoms with Crippen molar-refractivity contribution in [3.8, 4) is 5.75 Å². The van der Waals surface area contributed by atoms with Crippen LogP contribution in [0.5, 0.6) is 5.75 Å². The number of ketones is 1. The Morgan fingerprint density at radius 2 is 2.05 bits per heavy atom. The summed E-state index contributed by atoms with van der Waals surface area (Å²) in [4.78, 5) is 14.2. The number of carbonyl (C=O) groups excluding carboxylic acids is 1. The molecule has 20 heavy (non-hydrogen) atoms. The molecule has 0 radical (unpaired) electrons. The van der Waals surface area contributed by atoms with E-state index in [1.54, 1.807) is 7.11 Å². The van der Waals surface area contributed by atoms with Crippen LogP contribution in [0.1, 0.15) is 10.4 Å². The number of hydrogen-bond donors (Lipinski definition) is 0. The summed E-state index contributed by atoms with van der Waals surface area (Å²) >= 11 is 8.30. The summed E-state index contributed by atoms with van der Waals surface area (Å²) in [5, 5.41) is 0. The van der Waals surface area contributed by atoms with Gasteiger partial charge in [0.25, 0.3) is 0 Å². The Labute approximate surface area is 138 Å². The number of ether oxygens (including phenoxy) is 1. The van der Waals surface area contributed by atoms with E-state index >= 15 is 0 Å². The van der Waals surface area contributed by atoms with Crippen molar-refractivity contribution >= 4 is 54.7 Å². The van der Waals surface area contributed by atoms with Gasteiger partial charge in [0.1, 0.15) is 5.75 Å². The molecule has 0 aliphatic rings. The van der Waals surface area contributed by atoms with Gasteiger partial charge in [0.2, 0.25) is 0 Å². The molecule has 2 rings (SSSR count). The number of rotatable bonds is 5. The van der Waals surface area contributed by atoms with Crippen LogP contribution in [-0.2, 0) is 0 Å². The van der Waals surface area contributed by atoms with Gasteiger partial charge in [0.15, 0.2) is 5.78 Å². The summed E-state index contributed by atoms with van der Waals surface area (Å²) in [6, 6.07) is 9.49. The summed E-state index contributed by atoms with van der Waals surface area (Å²) in [6.07, 6.45) is 0. The average molecular weight is 419 g/mol. The highest BCUT2D eigenvalue weighted by molar-refractivity contribution is 9.12. The van der Waals surface area contributed by atoms with Gasteiger partial charge in [0.05, 0.1) is 26.9 Å². The Morgan fingerprint density at radius 3 is 2.65 bits per heavy atom. The van der Waals surface area contributed by atoms with Crippen LogP contribution in [0, 0.1) is 0 Å². The van der Waals surface area contributed by atoms with Gasteiger partial charge < -0.3 is 9.64 Å². The van der Waals surface area contributed by atoms with Gasteiger partial charge in [-0.2, -0.15) is 0 Å². The van der Waals surface area contributed by atoms with Crippen LogP contribution in [0.15, 0.2) is 37.9 Å². The Kier molecular flexibility index (Phi) is 5.23. The fourth-order valence-electron chi connectivity index (χ4n) is 1.86. The summed E-state index contributed by atoms with van der Waals surface area (Å²) in [5.41, 5.74) is 1.59. The van der Waals surface area contributed by atoms with E-state index in [1.807, 2.05) is 42.3 Å². The number of anilines is 1. The van der Waals surface area contributed by atoms with Crippen molar-refractivity contribution in [1.82, 2.24) is 0 Å². The van der Waals surface area contributed by atoms with Crippen LogP contribution >= 0.6 is 43.2 Å². The maximum Gasteiger partial charge on any atom is 0.184 e. The molecule has 0 aliphatic heterocycles. The minimum Gasteiger partial charge on any atom is -0.495 e. The molecule has 0 unspecified atom stereocenters. The van der Waals surface area contributed by atoms with Gasteiger partial charge in [-0.3, -0.25) is 4.79 Å². The fourth-order valence-corrected chi connectivity index (χ4v) is 4.72. The number of thiophene rings is 1. The molecule has 2 aromatic rings. The summed E-state index contributed by atoms with van der Waals surface area (Å²) in [7, 11) is 3.51. The van der Waals surface area contributed by atoms with E-state index < -0.39 is 0 Å². The second kappa shape index (κ2) is 6.74. The SMILES string of the molecule is COc1ccccc1N(C)CC(=O)c1cc(Br)sc1Br. The molecule has 0 amide bonds. The molecule has 0 saturated heterocycles. The van der Waals surface area contributed by atoms with Gasteiger partial charge in [-0.1, -0.05) is 12.1 Å². The van der Waals surface area contributed by atoms with Gasteiger partial charge in [-0.05, 0) is 50.1 Å². The van der Waals surface area contributed by atoms with E-state index in [2.05, 4.69) is 31.9 Å². The molecule has 106 valence electrons. The summed E-state index contributed by atoms with van der Waals surface area (Å²) in [6.45, 7) is 0.294. The Morgan fingerprint density at radius 1 is 1.35 bits per heavy atom. The lowest BCUT2D eigenvalue weighted by Gasteiger charge is -2.20. The topological polar surface area (TPSA) is 29.5 Å². The third-order valence-electron chi connectivity index (χ3n) is 2.83. The van der Waals surface area contributed by atoms with Crippen LogP contribution in [0.3, 0.4) is 0 Å². The number of halogens is 2. The normalized spacial score (nSPS) is 10.4. The highest BCUT2D eigenvalue weighted by atomic mass is 79.9. The number of nitrogens with zero attached hydrogens (tertiary/aromatic N) is 1. The van der Waals surface area contributed by atoms with Gasteiger partial charge in [-0.15, -0.1) is 11.3 Å². The number of para-hydroxylation sites is 2. The second-order valence-electron chi connectivity index (χ2n) is 4.19. The van der Waals surface area contributed by atoms with Crippen molar-refractivity contribution in [2.45, 2.75) is 0 Å². The Bertz CT molecular complexity index is 627. The molecule has 1 heterocycles. The first-order valence-corrected chi connectivity index (χ1v) is 8.25. The molecule has 1 aromatic heterocycles. The van der Waals surface area contributed by atoms with E-state index in [-0.39, 0.29) is 5.78 Å². The third-order valence-corrected chi connectivity index (χ3v) is 5.17. The van der Waals surface area contributed by atoms with E-state index in [9.17, 15) is 4.79 Å². The quantitative estimate of drug-likeness (QED) is 0.664. The number of benzene rings is 1. The average Bonchev–Trinajstić information content (AvgIpc) is 2.77. The van der Waals surface area contributed by atoms with E-state index in [1.165, 1.54) is 11.3 Å². The zero-order valence-corrected chi connectivity index (χ0v) is 15.0. The largest absolute Gasteiger partial charge is 0.495 e. The van der Waals surface area contributed by atoms with Crippen molar-refractivity contribution in [2.75, 3.05) is 25.6 Å². The molecule has 0 saturated carbocycles. The van der Waals surface area contributed by atoms with Crippen molar-refractivity contribution < 1.29 is 9.53 Å². The van der Waals surface area contributed by atoms with Crippen LogP contribution in [0.2, 0.25) is 0 Å². The smallest absolute Gasteiger partial charge is 0.184 e.